The number of fused-ring (bicyclic) bond motifs is 1. The summed E-state index contributed by atoms with van der Waals surface area (Å²) in [6.07, 6.45) is 0.624. The lowest BCUT2D eigenvalue weighted by Gasteiger charge is -2.15. The zero-order valence-electron chi connectivity index (χ0n) is 13.8. The summed E-state index contributed by atoms with van der Waals surface area (Å²) < 4.78 is 0. The van der Waals surface area contributed by atoms with Gasteiger partial charge in [-0.2, -0.15) is 0 Å². The van der Waals surface area contributed by atoms with Gasteiger partial charge in [0.05, 0.1) is 5.25 Å². The normalized spacial score (nSPS) is 12.0. The predicted molar refractivity (Wildman–Crippen MR) is 103 cm³/mol. The molecule has 3 rings (SSSR count). The number of aromatic nitrogens is 2. The van der Waals surface area contributed by atoms with E-state index >= 15 is 0 Å². The minimum atomic E-state index is -0.347. The van der Waals surface area contributed by atoms with Gasteiger partial charge in [0.2, 0.25) is 5.91 Å². The van der Waals surface area contributed by atoms with Crippen molar-refractivity contribution in [3.05, 3.63) is 48.5 Å². The summed E-state index contributed by atoms with van der Waals surface area (Å²) in [5.41, 5.74) is 12.2. The first-order valence-electron chi connectivity index (χ1n) is 7.92. The van der Waals surface area contributed by atoms with Gasteiger partial charge in [-0.05, 0) is 17.9 Å². The van der Waals surface area contributed by atoms with Crippen molar-refractivity contribution < 1.29 is 4.79 Å². The van der Waals surface area contributed by atoms with Crippen LogP contribution in [0.2, 0.25) is 0 Å². The number of nitrogens with two attached hydrogens (primary N) is 2. The highest BCUT2D eigenvalue weighted by molar-refractivity contribution is 8.00. The largest absolute Gasteiger partial charge is 0.383 e. The first-order chi connectivity index (χ1) is 12.1. The van der Waals surface area contributed by atoms with Crippen LogP contribution < -0.4 is 16.8 Å². The second-order valence-electron chi connectivity index (χ2n) is 5.53. The number of hydrogen-bond acceptors (Lipinski definition) is 6. The maximum Gasteiger partial charge on any atom is 0.237 e. The van der Waals surface area contributed by atoms with Gasteiger partial charge in [0.1, 0.15) is 11.6 Å². The zero-order valence-corrected chi connectivity index (χ0v) is 14.6. The summed E-state index contributed by atoms with van der Waals surface area (Å²) in [5, 5.41) is 5.14. The van der Waals surface area contributed by atoms with E-state index in [1.807, 2.05) is 49.4 Å². The van der Waals surface area contributed by atoms with Gasteiger partial charge < -0.3 is 16.8 Å². The van der Waals surface area contributed by atoms with Crippen LogP contribution in [-0.4, -0.2) is 21.1 Å². The molecule has 0 spiro atoms. The highest BCUT2D eigenvalue weighted by atomic mass is 32.2. The standard InChI is InChI=1S/C18H19N5OS/c1-2-14(25-18-22-15(19)10-16(20)23-18)17(24)21-13-9-5-7-11-6-3-4-8-12(11)13/h3-10,14H,2H2,1H3,(H,21,24)(H4,19,20,22,23)/t14-/m0/s1. The molecule has 128 valence electrons. The third-order valence-corrected chi connectivity index (χ3v) is 4.93. The van der Waals surface area contributed by atoms with Crippen molar-refractivity contribution in [3.63, 3.8) is 0 Å². The maximum atomic E-state index is 12.7. The number of benzene rings is 2. The van der Waals surface area contributed by atoms with Crippen LogP contribution in [0.5, 0.6) is 0 Å². The van der Waals surface area contributed by atoms with Crippen LogP contribution >= 0.6 is 11.8 Å². The highest BCUT2D eigenvalue weighted by Crippen LogP contribution is 2.27. The summed E-state index contributed by atoms with van der Waals surface area (Å²) in [6, 6.07) is 15.2. The van der Waals surface area contributed by atoms with Crippen molar-refractivity contribution in [2.75, 3.05) is 16.8 Å². The molecule has 7 heteroatoms. The molecule has 2 aromatic carbocycles. The Morgan fingerprint density at radius 3 is 2.52 bits per heavy atom. The van der Waals surface area contributed by atoms with Gasteiger partial charge in [-0.1, -0.05) is 55.1 Å². The Morgan fingerprint density at radius 2 is 1.80 bits per heavy atom. The number of nitrogen functional groups attached to an aromatic ring is 2. The zero-order chi connectivity index (χ0) is 17.8. The monoisotopic (exact) mass is 353 g/mol. The van der Waals surface area contributed by atoms with E-state index in [0.717, 1.165) is 16.5 Å². The molecule has 1 atom stereocenters. The van der Waals surface area contributed by atoms with Crippen LogP contribution in [-0.2, 0) is 4.79 Å². The van der Waals surface area contributed by atoms with Crippen LogP contribution in [0.1, 0.15) is 13.3 Å². The van der Waals surface area contributed by atoms with Gasteiger partial charge >= 0.3 is 0 Å². The lowest BCUT2D eigenvalue weighted by molar-refractivity contribution is -0.115. The molecule has 0 aliphatic rings. The van der Waals surface area contributed by atoms with Crippen molar-refractivity contribution in [3.8, 4) is 0 Å². The molecule has 0 fully saturated rings. The molecular weight excluding hydrogens is 334 g/mol. The van der Waals surface area contributed by atoms with E-state index in [0.29, 0.717) is 23.2 Å². The third-order valence-electron chi connectivity index (χ3n) is 3.70. The Bertz CT molecular complexity index is 889. The molecule has 5 N–H and O–H groups in total. The number of amides is 1. The average Bonchev–Trinajstić information content (AvgIpc) is 2.59. The van der Waals surface area contributed by atoms with Crippen molar-refractivity contribution in [2.24, 2.45) is 0 Å². The SMILES string of the molecule is CC[C@H](Sc1nc(N)cc(N)n1)C(=O)Nc1cccc2ccccc12. The molecule has 1 aromatic heterocycles. The van der Waals surface area contributed by atoms with E-state index in [9.17, 15) is 4.79 Å². The fraction of sp³-hybridized carbons (Fsp3) is 0.167. The van der Waals surface area contributed by atoms with Crippen molar-refractivity contribution in [1.29, 1.82) is 0 Å². The Labute approximate surface area is 150 Å². The van der Waals surface area contributed by atoms with Crippen LogP contribution in [0, 0.1) is 0 Å². The minimum Gasteiger partial charge on any atom is -0.383 e. The van der Waals surface area contributed by atoms with Crippen molar-refractivity contribution in [1.82, 2.24) is 9.97 Å². The van der Waals surface area contributed by atoms with Crippen LogP contribution in [0.4, 0.5) is 17.3 Å². The first-order valence-corrected chi connectivity index (χ1v) is 8.80. The van der Waals surface area contributed by atoms with Gasteiger partial charge in [0.25, 0.3) is 0 Å². The lowest BCUT2D eigenvalue weighted by atomic mass is 10.1. The van der Waals surface area contributed by atoms with Crippen LogP contribution in [0.25, 0.3) is 10.8 Å². The molecule has 0 aliphatic heterocycles. The first kappa shape index (κ1) is 17.0. The third kappa shape index (κ3) is 4.00. The second kappa shape index (κ2) is 7.40. The second-order valence-corrected chi connectivity index (χ2v) is 6.70. The van der Waals surface area contributed by atoms with E-state index in [1.54, 1.807) is 0 Å². The molecule has 0 radical (unpaired) electrons. The molecule has 0 saturated heterocycles. The van der Waals surface area contributed by atoms with E-state index < -0.39 is 0 Å². The number of carbonyl (C=O) groups is 1. The Balaban J connectivity index is 1.80. The van der Waals surface area contributed by atoms with Gasteiger partial charge in [-0.15, -0.1) is 0 Å². The van der Waals surface area contributed by atoms with E-state index in [-0.39, 0.29) is 11.2 Å². The van der Waals surface area contributed by atoms with E-state index in [1.165, 1.54) is 17.8 Å². The summed E-state index contributed by atoms with van der Waals surface area (Å²) in [6.45, 7) is 1.94. The summed E-state index contributed by atoms with van der Waals surface area (Å²) in [4.78, 5) is 21.0. The molecule has 0 unspecified atom stereocenters. The van der Waals surface area contributed by atoms with Crippen molar-refractivity contribution >= 4 is 45.8 Å². The molecule has 1 amide bonds. The average molecular weight is 353 g/mol. The number of rotatable bonds is 5. The highest BCUT2D eigenvalue weighted by Gasteiger charge is 2.20. The summed E-state index contributed by atoms with van der Waals surface area (Å²) in [7, 11) is 0. The van der Waals surface area contributed by atoms with Gasteiger partial charge in [-0.3, -0.25) is 4.79 Å². The maximum absolute atomic E-state index is 12.7. The Kier molecular flexibility index (Phi) is 5.04. The summed E-state index contributed by atoms with van der Waals surface area (Å²) >= 11 is 1.26. The summed E-state index contributed by atoms with van der Waals surface area (Å²) in [5.74, 6) is 0.479. The molecule has 0 aliphatic carbocycles. The quantitative estimate of drug-likeness (QED) is 0.480. The van der Waals surface area contributed by atoms with Gasteiger partial charge in [0, 0.05) is 17.1 Å². The Morgan fingerprint density at radius 1 is 1.12 bits per heavy atom. The van der Waals surface area contributed by atoms with Gasteiger partial charge in [-0.25, -0.2) is 9.97 Å². The molecule has 0 saturated carbocycles. The lowest BCUT2D eigenvalue weighted by Crippen LogP contribution is -2.25. The fourth-order valence-corrected chi connectivity index (χ4v) is 3.42. The van der Waals surface area contributed by atoms with Crippen molar-refractivity contribution in [2.45, 2.75) is 23.8 Å². The van der Waals surface area contributed by atoms with Gasteiger partial charge in [0.15, 0.2) is 5.16 Å². The molecule has 6 nitrogen and oxygen atoms in total. The number of anilines is 3. The number of carbonyl (C=O) groups excluding carboxylic acids is 1. The van der Waals surface area contributed by atoms with E-state index in [2.05, 4.69) is 15.3 Å². The number of hydrogen-bond donors (Lipinski definition) is 3. The molecule has 0 bridgehead atoms. The predicted octanol–water partition coefficient (Wildman–Crippen LogP) is 3.30. The number of thioether (sulfide) groups is 1. The molecule has 1 heterocycles. The Hall–Kier alpha value is -2.80. The number of nitrogens with one attached hydrogen (secondary N) is 1. The van der Waals surface area contributed by atoms with E-state index in [4.69, 9.17) is 11.5 Å². The fourth-order valence-electron chi connectivity index (χ4n) is 2.51. The number of nitrogens with zero attached hydrogens (tertiary/aromatic N) is 2. The smallest absolute Gasteiger partial charge is 0.237 e. The van der Waals surface area contributed by atoms with Crippen LogP contribution in [0.15, 0.2) is 53.7 Å². The van der Waals surface area contributed by atoms with Crippen LogP contribution in [0.3, 0.4) is 0 Å². The molecular formula is C18H19N5OS. The minimum absolute atomic E-state index is 0.103. The topological polar surface area (TPSA) is 107 Å². The molecule has 25 heavy (non-hydrogen) atoms. The molecule has 3 aromatic rings.